The molecular formula is C10H13N5O. The van der Waals surface area contributed by atoms with Crippen molar-refractivity contribution in [2.75, 3.05) is 0 Å². The smallest absolute Gasteiger partial charge is 0.229 e. The van der Waals surface area contributed by atoms with E-state index in [4.69, 9.17) is 10.3 Å². The lowest BCUT2D eigenvalue weighted by Crippen LogP contribution is -2.12. The topological polar surface area (TPSA) is 82.8 Å². The molecule has 0 bridgehead atoms. The van der Waals surface area contributed by atoms with Crippen LogP contribution in [0.3, 0.4) is 0 Å². The molecule has 2 aromatic rings. The molecule has 0 spiro atoms. The van der Waals surface area contributed by atoms with Gasteiger partial charge in [-0.05, 0) is 12.8 Å². The van der Waals surface area contributed by atoms with E-state index in [0.29, 0.717) is 17.6 Å². The minimum atomic E-state index is -0.357. The molecule has 2 heterocycles. The van der Waals surface area contributed by atoms with Gasteiger partial charge in [-0.15, -0.1) is 0 Å². The summed E-state index contributed by atoms with van der Waals surface area (Å²) < 4.78 is 6.88. The predicted octanol–water partition coefficient (Wildman–Crippen LogP) is 0.729. The van der Waals surface area contributed by atoms with Gasteiger partial charge in [-0.3, -0.25) is 4.68 Å². The van der Waals surface area contributed by atoms with E-state index in [1.54, 1.807) is 10.9 Å². The minimum Gasteiger partial charge on any atom is -0.339 e. The highest BCUT2D eigenvalue weighted by molar-refractivity contribution is 5.18. The summed E-state index contributed by atoms with van der Waals surface area (Å²) in [7, 11) is 1.85. The third-order valence-corrected chi connectivity index (χ3v) is 2.75. The van der Waals surface area contributed by atoms with Crippen molar-refractivity contribution in [3.8, 4) is 0 Å². The standard InChI is InChI=1S/C10H13N5O/c1-15-5-7(4-12-15)8(11)9-13-10(16-14-9)6-2-3-6/h4-6,8H,2-3,11H2,1H3. The molecule has 0 aromatic carbocycles. The number of hydrogen-bond donors (Lipinski definition) is 1. The van der Waals surface area contributed by atoms with Crippen molar-refractivity contribution in [1.82, 2.24) is 19.9 Å². The highest BCUT2D eigenvalue weighted by atomic mass is 16.5. The lowest BCUT2D eigenvalue weighted by atomic mass is 10.2. The summed E-state index contributed by atoms with van der Waals surface area (Å²) in [4.78, 5) is 4.32. The minimum absolute atomic E-state index is 0.357. The maximum absolute atomic E-state index is 6.03. The molecule has 1 aliphatic rings. The number of rotatable bonds is 3. The highest BCUT2D eigenvalue weighted by Gasteiger charge is 2.30. The summed E-state index contributed by atoms with van der Waals surface area (Å²) in [6, 6.07) is -0.357. The van der Waals surface area contributed by atoms with Gasteiger partial charge in [0.25, 0.3) is 0 Å². The highest BCUT2D eigenvalue weighted by Crippen LogP contribution is 2.39. The van der Waals surface area contributed by atoms with Crippen LogP contribution in [0.1, 0.15) is 42.1 Å². The van der Waals surface area contributed by atoms with Gasteiger partial charge in [0.1, 0.15) is 0 Å². The second-order valence-corrected chi connectivity index (χ2v) is 4.19. The Kier molecular flexibility index (Phi) is 2.03. The molecule has 2 N–H and O–H groups in total. The Morgan fingerprint density at radius 3 is 3.00 bits per heavy atom. The third-order valence-electron chi connectivity index (χ3n) is 2.75. The van der Waals surface area contributed by atoms with Crippen molar-refractivity contribution < 1.29 is 4.52 Å². The molecule has 0 amide bonds. The Balaban J connectivity index is 1.84. The third kappa shape index (κ3) is 1.61. The maximum Gasteiger partial charge on any atom is 0.229 e. The van der Waals surface area contributed by atoms with Gasteiger partial charge < -0.3 is 10.3 Å². The molecule has 1 saturated carbocycles. The summed E-state index contributed by atoms with van der Waals surface area (Å²) in [6.45, 7) is 0. The fourth-order valence-electron chi connectivity index (χ4n) is 1.62. The zero-order valence-electron chi connectivity index (χ0n) is 9.00. The van der Waals surface area contributed by atoms with E-state index in [1.165, 1.54) is 0 Å². The first-order valence-corrected chi connectivity index (χ1v) is 5.31. The number of aryl methyl sites for hydroxylation is 1. The van der Waals surface area contributed by atoms with Crippen LogP contribution in [0.25, 0.3) is 0 Å². The molecule has 0 saturated heterocycles. The van der Waals surface area contributed by atoms with Gasteiger partial charge in [-0.2, -0.15) is 10.1 Å². The van der Waals surface area contributed by atoms with Crippen LogP contribution in [-0.2, 0) is 7.05 Å². The summed E-state index contributed by atoms with van der Waals surface area (Å²) in [6.07, 6.45) is 5.86. The molecule has 0 aliphatic heterocycles. The summed E-state index contributed by atoms with van der Waals surface area (Å²) in [5.41, 5.74) is 6.92. The van der Waals surface area contributed by atoms with E-state index < -0.39 is 0 Å². The number of nitrogens with two attached hydrogens (primary N) is 1. The average Bonchev–Trinajstić information content (AvgIpc) is 2.86. The molecule has 0 radical (unpaired) electrons. The quantitative estimate of drug-likeness (QED) is 0.822. The number of nitrogens with zero attached hydrogens (tertiary/aromatic N) is 4. The van der Waals surface area contributed by atoms with Crippen LogP contribution in [0.5, 0.6) is 0 Å². The van der Waals surface area contributed by atoms with E-state index in [2.05, 4.69) is 15.2 Å². The van der Waals surface area contributed by atoms with Crippen LogP contribution in [0.4, 0.5) is 0 Å². The molecule has 1 atom stereocenters. The van der Waals surface area contributed by atoms with Gasteiger partial charge >= 0.3 is 0 Å². The molecule has 6 heteroatoms. The number of aromatic nitrogens is 4. The van der Waals surface area contributed by atoms with Gasteiger partial charge in [0.15, 0.2) is 5.82 Å². The SMILES string of the molecule is Cn1cc(C(N)c2noc(C3CC3)n2)cn1. The van der Waals surface area contributed by atoms with Crippen LogP contribution < -0.4 is 5.73 Å². The molecule has 84 valence electrons. The zero-order chi connectivity index (χ0) is 11.1. The second-order valence-electron chi connectivity index (χ2n) is 4.19. The Bertz CT molecular complexity index is 499. The molecule has 1 fully saturated rings. The van der Waals surface area contributed by atoms with E-state index in [0.717, 1.165) is 18.4 Å². The van der Waals surface area contributed by atoms with Crippen molar-refractivity contribution in [1.29, 1.82) is 0 Å². The van der Waals surface area contributed by atoms with Gasteiger partial charge in [-0.25, -0.2) is 0 Å². The van der Waals surface area contributed by atoms with Gasteiger partial charge in [-0.1, -0.05) is 5.16 Å². The molecule has 1 aliphatic carbocycles. The summed E-state index contributed by atoms with van der Waals surface area (Å²) in [5.74, 6) is 1.71. The van der Waals surface area contributed by atoms with Crippen molar-refractivity contribution >= 4 is 0 Å². The first-order valence-electron chi connectivity index (χ1n) is 5.31. The van der Waals surface area contributed by atoms with Crippen LogP contribution in [-0.4, -0.2) is 19.9 Å². The Hall–Kier alpha value is -1.69. The van der Waals surface area contributed by atoms with Crippen LogP contribution in [0, 0.1) is 0 Å². The average molecular weight is 219 g/mol. The van der Waals surface area contributed by atoms with Crippen molar-refractivity contribution in [2.45, 2.75) is 24.8 Å². The monoisotopic (exact) mass is 219 g/mol. The van der Waals surface area contributed by atoms with Crippen LogP contribution in [0.15, 0.2) is 16.9 Å². The molecule has 1 unspecified atom stereocenters. The van der Waals surface area contributed by atoms with Crippen molar-refractivity contribution in [3.05, 3.63) is 29.7 Å². The molecule has 2 aromatic heterocycles. The predicted molar refractivity (Wildman–Crippen MR) is 55.5 cm³/mol. The fourth-order valence-corrected chi connectivity index (χ4v) is 1.62. The lowest BCUT2D eigenvalue weighted by molar-refractivity contribution is 0.372. The molecule has 16 heavy (non-hydrogen) atoms. The van der Waals surface area contributed by atoms with Crippen molar-refractivity contribution in [2.24, 2.45) is 12.8 Å². The Morgan fingerprint density at radius 1 is 1.56 bits per heavy atom. The van der Waals surface area contributed by atoms with Gasteiger partial charge in [0.05, 0.1) is 12.2 Å². The van der Waals surface area contributed by atoms with E-state index in [9.17, 15) is 0 Å². The van der Waals surface area contributed by atoms with E-state index in [-0.39, 0.29) is 6.04 Å². The van der Waals surface area contributed by atoms with Gasteiger partial charge in [0, 0.05) is 24.7 Å². The largest absolute Gasteiger partial charge is 0.339 e. The second kappa shape index (κ2) is 3.41. The van der Waals surface area contributed by atoms with Crippen molar-refractivity contribution in [3.63, 3.8) is 0 Å². The molecule has 3 rings (SSSR count). The summed E-state index contributed by atoms with van der Waals surface area (Å²) in [5, 5.41) is 7.98. The fraction of sp³-hybridized carbons (Fsp3) is 0.500. The normalized spacial score (nSPS) is 17.6. The van der Waals surface area contributed by atoms with E-state index in [1.807, 2.05) is 13.2 Å². The summed E-state index contributed by atoms with van der Waals surface area (Å²) >= 11 is 0. The zero-order valence-corrected chi connectivity index (χ0v) is 9.00. The molecular weight excluding hydrogens is 206 g/mol. The van der Waals surface area contributed by atoms with Crippen LogP contribution in [0.2, 0.25) is 0 Å². The first kappa shape index (κ1) is 9.53. The Labute approximate surface area is 92.4 Å². The van der Waals surface area contributed by atoms with E-state index >= 15 is 0 Å². The Morgan fingerprint density at radius 2 is 2.38 bits per heavy atom. The molecule has 6 nitrogen and oxygen atoms in total. The first-order chi connectivity index (χ1) is 7.74. The van der Waals surface area contributed by atoms with Crippen LogP contribution >= 0.6 is 0 Å². The lowest BCUT2D eigenvalue weighted by Gasteiger charge is -2.01. The number of hydrogen-bond acceptors (Lipinski definition) is 5. The maximum atomic E-state index is 6.03. The van der Waals surface area contributed by atoms with Gasteiger partial charge in [0.2, 0.25) is 5.89 Å².